The minimum absolute atomic E-state index is 0.00595. The topological polar surface area (TPSA) is 81.5 Å². The fourth-order valence-electron chi connectivity index (χ4n) is 2.92. The van der Waals surface area contributed by atoms with Crippen LogP contribution in [0.2, 0.25) is 0 Å². The minimum Gasteiger partial charge on any atom is -0.463 e. The molecular formula is C21H24BrN3O4S2. The third kappa shape index (κ3) is 5.82. The molecule has 1 aromatic carbocycles. The summed E-state index contributed by atoms with van der Waals surface area (Å²) in [5.41, 5.74) is 2.38. The molecule has 0 saturated carbocycles. The summed E-state index contributed by atoms with van der Waals surface area (Å²) in [4.78, 5) is 16.3. The van der Waals surface area contributed by atoms with E-state index >= 15 is 0 Å². The molecule has 0 bridgehead atoms. The predicted octanol–water partition coefficient (Wildman–Crippen LogP) is 3.86. The van der Waals surface area contributed by atoms with Crippen LogP contribution < -0.4 is 0 Å². The van der Waals surface area contributed by atoms with Gasteiger partial charge in [0.05, 0.1) is 25.6 Å². The van der Waals surface area contributed by atoms with E-state index in [-0.39, 0.29) is 17.4 Å². The lowest BCUT2D eigenvalue weighted by molar-refractivity contribution is -0.144. The highest BCUT2D eigenvalue weighted by Crippen LogP contribution is 2.39. The highest BCUT2D eigenvalue weighted by molar-refractivity contribution is 9.10. The maximum atomic E-state index is 12.3. The molecule has 0 spiro atoms. The Bertz CT molecular complexity index is 1200. The number of hydrogen-bond acceptors (Lipinski definition) is 7. The molecule has 0 unspecified atom stereocenters. The molecule has 0 aliphatic carbocycles. The van der Waals surface area contributed by atoms with E-state index in [9.17, 15) is 13.2 Å². The van der Waals surface area contributed by atoms with Gasteiger partial charge in [0, 0.05) is 17.7 Å². The number of sulfone groups is 1. The quantitative estimate of drug-likeness (QED) is 0.415. The number of nitrogens with zero attached hydrogens (tertiary/aromatic N) is 3. The van der Waals surface area contributed by atoms with Crippen LogP contribution in [0.15, 0.2) is 45.8 Å². The van der Waals surface area contributed by atoms with Crippen LogP contribution in [0.5, 0.6) is 0 Å². The molecule has 0 radical (unpaired) electrons. The molecule has 2 heterocycles. The number of aryl methyl sites for hydroxylation is 1. The van der Waals surface area contributed by atoms with Gasteiger partial charge in [0.15, 0.2) is 9.84 Å². The number of halogens is 1. The van der Waals surface area contributed by atoms with Gasteiger partial charge in [0.1, 0.15) is 13.2 Å². The Balaban J connectivity index is 1.88. The van der Waals surface area contributed by atoms with Gasteiger partial charge >= 0.3 is 5.97 Å². The summed E-state index contributed by atoms with van der Waals surface area (Å²) < 4.78 is 31.5. The molecule has 0 fully saturated rings. The van der Waals surface area contributed by atoms with Crippen molar-refractivity contribution in [3.8, 4) is 21.0 Å². The molecule has 0 saturated heterocycles. The fraction of sp³-hybridized carbons (Fsp3) is 0.333. The van der Waals surface area contributed by atoms with E-state index in [1.54, 1.807) is 22.9 Å². The Morgan fingerprint density at radius 2 is 1.94 bits per heavy atom. The summed E-state index contributed by atoms with van der Waals surface area (Å²) in [6, 6.07) is 10.8. The molecule has 0 aliphatic heterocycles. The van der Waals surface area contributed by atoms with Gasteiger partial charge in [0.25, 0.3) is 0 Å². The zero-order valence-electron chi connectivity index (χ0n) is 17.8. The van der Waals surface area contributed by atoms with E-state index < -0.39 is 9.84 Å². The van der Waals surface area contributed by atoms with E-state index in [0.717, 1.165) is 31.2 Å². The number of benzene rings is 1. The summed E-state index contributed by atoms with van der Waals surface area (Å²) >= 11 is 5.09. The Morgan fingerprint density at radius 3 is 2.61 bits per heavy atom. The minimum atomic E-state index is -3.29. The number of thiophene rings is 1. The van der Waals surface area contributed by atoms with Crippen molar-refractivity contribution in [2.45, 2.75) is 18.4 Å². The second-order valence-electron chi connectivity index (χ2n) is 7.39. The molecular weight excluding hydrogens is 502 g/mol. The average molecular weight is 526 g/mol. The van der Waals surface area contributed by atoms with Gasteiger partial charge in [-0.1, -0.05) is 12.1 Å². The molecule has 0 N–H and O–H groups in total. The Labute approximate surface area is 194 Å². The number of likely N-dealkylation sites (N-methyl/N-ethyl adjacent to an activating group) is 1. The fourth-order valence-corrected chi connectivity index (χ4v) is 5.27. The lowest BCUT2D eigenvalue weighted by Crippen LogP contribution is -2.22. The zero-order chi connectivity index (χ0) is 22.8. The smallest absolute Gasteiger partial charge is 0.327 e. The average Bonchev–Trinajstić information content (AvgIpc) is 3.26. The number of hydrogen-bond donors (Lipinski definition) is 0. The third-order valence-corrected chi connectivity index (χ3v) is 7.72. The standard InChI is InChI=1S/C21H24BrN3O4S2/c1-14-20(22)21(25(23-14)13-19(26)29-11-10-24(2)3)18-9-8-17(30-18)15-6-5-7-16(12-15)31(4,27)28/h5-9,12H,10-11,13H2,1-4H3. The second kappa shape index (κ2) is 9.64. The van der Waals surface area contributed by atoms with E-state index in [0.29, 0.717) is 13.2 Å². The highest BCUT2D eigenvalue weighted by Gasteiger charge is 2.20. The molecule has 0 aliphatic rings. The number of aromatic nitrogens is 2. The van der Waals surface area contributed by atoms with Gasteiger partial charge in [-0.05, 0) is 66.8 Å². The third-order valence-electron chi connectivity index (χ3n) is 4.52. The van der Waals surface area contributed by atoms with Gasteiger partial charge < -0.3 is 9.64 Å². The molecule has 166 valence electrons. The molecule has 3 aromatic rings. The normalized spacial score (nSPS) is 11.8. The molecule has 7 nitrogen and oxygen atoms in total. The highest BCUT2D eigenvalue weighted by atomic mass is 79.9. The van der Waals surface area contributed by atoms with Crippen molar-refractivity contribution in [1.82, 2.24) is 14.7 Å². The summed E-state index contributed by atoms with van der Waals surface area (Å²) in [7, 11) is 0.546. The summed E-state index contributed by atoms with van der Waals surface area (Å²) in [6.07, 6.45) is 1.20. The number of rotatable bonds is 8. The molecule has 10 heteroatoms. The first-order valence-corrected chi connectivity index (χ1v) is 13.0. The van der Waals surface area contributed by atoms with Crippen LogP contribution in [0.3, 0.4) is 0 Å². The molecule has 0 amide bonds. The molecule has 0 atom stereocenters. The SMILES string of the molecule is Cc1nn(CC(=O)OCCN(C)C)c(-c2ccc(-c3cccc(S(C)(=O)=O)c3)s2)c1Br. The van der Waals surface area contributed by atoms with Crippen LogP contribution in [0.25, 0.3) is 21.0 Å². The first kappa shape index (κ1) is 23.6. The van der Waals surface area contributed by atoms with Crippen molar-refractivity contribution in [3.63, 3.8) is 0 Å². The van der Waals surface area contributed by atoms with Gasteiger partial charge in [-0.25, -0.2) is 8.42 Å². The summed E-state index contributed by atoms with van der Waals surface area (Å²) in [5, 5.41) is 4.48. The zero-order valence-corrected chi connectivity index (χ0v) is 21.0. The van der Waals surface area contributed by atoms with Crippen molar-refractivity contribution in [2.24, 2.45) is 0 Å². The maximum Gasteiger partial charge on any atom is 0.327 e. The van der Waals surface area contributed by atoms with Gasteiger partial charge in [0.2, 0.25) is 0 Å². The molecule has 31 heavy (non-hydrogen) atoms. The van der Waals surface area contributed by atoms with Crippen LogP contribution in [-0.4, -0.2) is 62.6 Å². The maximum absolute atomic E-state index is 12.3. The van der Waals surface area contributed by atoms with Gasteiger partial charge in [-0.15, -0.1) is 11.3 Å². The Morgan fingerprint density at radius 1 is 1.23 bits per heavy atom. The first-order valence-electron chi connectivity index (χ1n) is 9.50. The van der Waals surface area contributed by atoms with E-state index in [1.165, 1.54) is 17.6 Å². The second-order valence-corrected chi connectivity index (χ2v) is 11.3. The van der Waals surface area contributed by atoms with Crippen LogP contribution in [0, 0.1) is 6.92 Å². The van der Waals surface area contributed by atoms with E-state index in [1.807, 2.05) is 44.1 Å². The van der Waals surface area contributed by atoms with Crippen LogP contribution in [-0.2, 0) is 25.9 Å². The molecule has 3 rings (SSSR count). The number of esters is 1. The number of carbonyl (C=O) groups excluding carboxylic acids is 1. The van der Waals surface area contributed by atoms with Crippen molar-refractivity contribution in [3.05, 3.63) is 46.6 Å². The lowest BCUT2D eigenvalue weighted by Gasteiger charge is -2.11. The van der Waals surface area contributed by atoms with Crippen molar-refractivity contribution < 1.29 is 17.9 Å². The number of ether oxygens (including phenoxy) is 1. The Hall–Kier alpha value is -2.01. The molecule has 2 aromatic heterocycles. The van der Waals surface area contributed by atoms with E-state index in [4.69, 9.17) is 4.74 Å². The van der Waals surface area contributed by atoms with Crippen molar-refractivity contribution in [1.29, 1.82) is 0 Å². The summed E-state index contributed by atoms with van der Waals surface area (Å²) in [6.45, 7) is 2.85. The van der Waals surface area contributed by atoms with Gasteiger partial charge in [-0.2, -0.15) is 5.10 Å². The lowest BCUT2D eigenvalue weighted by atomic mass is 10.2. The van der Waals surface area contributed by atoms with E-state index in [2.05, 4.69) is 21.0 Å². The predicted molar refractivity (Wildman–Crippen MR) is 126 cm³/mol. The monoisotopic (exact) mass is 525 g/mol. The number of carbonyl (C=O) groups is 1. The largest absolute Gasteiger partial charge is 0.463 e. The Kier molecular flexibility index (Phi) is 7.35. The van der Waals surface area contributed by atoms with Crippen LogP contribution >= 0.6 is 27.3 Å². The summed E-state index contributed by atoms with van der Waals surface area (Å²) in [5.74, 6) is -0.351. The first-order chi connectivity index (χ1) is 14.6. The van der Waals surface area contributed by atoms with Gasteiger partial charge in [-0.3, -0.25) is 9.48 Å². The van der Waals surface area contributed by atoms with Crippen molar-refractivity contribution >= 4 is 43.1 Å². The van der Waals surface area contributed by atoms with Crippen molar-refractivity contribution in [2.75, 3.05) is 33.5 Å². The van der Waals surface area contributed by atoms with Crippen LogP contribution in [0.1, 0.15) is 5.69 Å². The van der Waals surface area contributed by atoms with Crippen LogP contribution in [0.4, 0.5) is 0 Å².